The minimum atomic E-state index is -0.479. The van der Waals surface area contributed by atoms with Crippen LogP contribution in [0.2, 0.25) is 0 Å². The first kappa shape index (κ1) is 16.3. The third-order valence-corrected chi connectivity index (χ3v) is 3.56. The van der Waals surface area contributed by atoms with Crippen LogP contribution in [0.4, 0.5) is 5.95 Å². The molecule has 0 fully saturated rings. The van der Waals surface area contributed by atoms with Gasteiger partial charge in [-0.05, 0) is 18.8 Å². The topological polar surface area (TPSA) is 105 Å². The molecular weight excluding hydrogens is 286 g/mol. The van der Waals surface area contributed by atoms with Gasteiger partial charge in [-0.3, -0.25) is 14.3 Å². The standard InChI is InChI=1S/C14H23N5O3/c1-9(2)5-7-19-10-11(16-13(19)15-6-4-8-20)18(3)14(22)17-12(10)21/h9,20H,4-8H2,1-3H3,(H,15,16)(H,17,21,22). The lowest BCUT2D eigenvalue weighted by molar-refractivity contribution is 0.292. The number of aliphatic hydroxyl groups is 1. The van der Waals surface area contributed by atoms with Crippen LogP contribution in [0.3, 0.4) is 0 Å². The van der Waals surface area contributed by atoms with E-state index in [1.165, 1.54) is 4.57 Å². The third kappa shape index (κ3) is 3.22. The normalized spacial score (nSPS) is 11.5. The summed E-state index contributed by atoms with van der Waals surface area (Å²) in [5, 5.41) is 12.0. The number of aromatic amines is 1. The molecule has 0 aromatic carbocycles. The zero-order chi connectivity index (χ0) is 16.3. The number of fused-ring (bicyclic) bond motifs is 1. The van der Waals surface area contributed by atoms with Crippen molar-refractivity contribution in [3.05, 3.63) is 20.8 Å². The summed E-state index contributed by atoms with van der Waals surface area (Å²) in [6.07, 6.45) is 1.48. The van der Waals surface area contributed by atoms with Crippen LogP contribution >= 0.6 is 0 Å². The highest BCUT2D eigenvalue weighted by Crippen LogP contribution is 2.17. The van der Waals surface area contributed by atoms with Gasteiger partial charge in [0.05, 0.1) is 0 Å². The van der Waals surface area contributed by atoms with Crippen LogP contribution in [0, 0.1) is 5.92 Å². The molecule has 0 aliphatic heterocycles. The average molecular weight is 309 g/mol. The molecule has 2 aromatic heterocycles. The van der Waals surface area contributed by atoms with E-state index in [0.29, 0.717) is 42.5 Å². The van der Waals surface area contributed by atoms with E-state index >= 15 is 0 Å². The summed E-state index contributed by atoms with van der Waals surface area (Å²) in [7, 11) is 1.58. The van der Waals surface area contributed by atoms with Gasteiger partial charge in [-0.15, -0.1) is 0 Å². The van der Waals surface area contributed by atoms with Crippen molar-refractivity contribution in [2.45, 2.75) is 33.2 Å². The van der Waals surface area contributed by atoms with Gasteiger partial charge in [-0.1, -0.05) is 13.8 Å². The van der Waals surface area contributed by atoms with E-state index in [1.54, 1.807) is 7.05 Å². The van der Waals surface area contributed by atoms with E-state index in [-0.39, 0.29) is 6.61 Å². The molecule has 0 saturated heterocycles. The first-order chi connectivity index (χ1) is 10.5. The van der Waals surface area contributed by atoms with Crippen LogP contribution in [0.15, 0.2) is 9.59 Å². The van der Waals surface area contributed by atoms with Crippen molar-refractivity contribution in [1.29, 1.82) is 0 Å². The van der Waals surface area contributed by atoms with E-state index in [1.807, 2.05) is 4.57 Å². The fourth-order valence-electron chi connectivity index (χ4n) is 2.25. The second-order valence-electron chi connectivity index (χ2n) is 5.76. The molecule has 0 radical (unpaired) electrons. The Morgan fingerprint density at radius 3 is 2.73 bits per heavy atom. The monoisotopic (exact) mass is 309 g/mol. The molecule has 2 heterocycles. The molecule has 2 rings (SSSR count). The van der Waals surface area contributed by atoms with Crippen molar-refractivity contribution in [3.63, 3.8) is 0 Å². The summed E-state index contributed by atoms with van der Waals surface area (Å²) in [6.45, 7) is 5.48. The summed E-state index contributed by atoms with van der Waals surface area (Å²) in [4.78, 5) is 30.6. The van der Waals surface area contributed by atoms with Crippen molar-refractivity contribution in [2.24, 2.45) is 13.0 Å². The highest BCUT2D eigenvalue weighted by molar-refractivity contribution is 5.74. The number of hydrogen-bond donors (Lipinski definition) is 3. The van der Waals surface area contributed by atoms with Crippen LogP contribution in [-0.4, -0.2) is 37.4 Å². The Balaban J connectivity index is 2.53. The molecule has 0 aliphatic carbocycles. The van der Waals surface area contributed by atoms with Gasteiger partial charge in [0, 0.05) is 26.7 Å². The minimum absolute atomic E-state index is 0.0816. The summed E-state index contributed by atoms with van der Waals surface area (Å²) in [5.41, 5.74) is -0.143. The molecule has 0 saturated carbocycles. The number of rotatable bonds is 7. The van der Waals surface area contributed by atoms with Crippen LogP contribution in [-0.2, 0) is 13.6 Å². The fourth-order valence-corrected chi connectivity index (χ4v) is 2.25. The molecule has 22 heavy (non-hydrogen) atoms. The number of aryl methyl sites for hydroxylation is 2. The SMILES string of the molecule is CC(C)CCn1c(NCCCO)nc2c1c(=O)[nH]c(=O)n2C. The van der Waals surface area contributed by atoms with E-state index < -0.39 is 11.2 Å². The molecule has 8 heteroatoms. The van der Waals surface area contributed by atoms with Gasteiger partial charge in [0.2, 0.25) is 5.95 Å². The largest absolute Gasteiger partial charge is 0.396 e. The Hall–Kier alpha value is -2.09. The number of hydrogen-bond acceptors (Lipinski definition) is 5. The summed E-state index contributed by atoms with van der Waals surface area (Å²) >= 11 is 0. The molecule has 122 valence electrons. The molecular formula is C14H23N5O3. The van der Waals surface area contributed by atoms with E-state index in [4.69, 9.17) is 5.11 Å². The number of nitrogens with zero attached hydrogens (tertiary/aromatic N) is 3. The summed E-state index contributed by atoms with van der Waals surface area (Å²) < 4.78 is 3.14. The highest BCUT2D eigenvalue weighted by atomic mass is 16.3. The fraction of sp³-hybridized carbons (Fsp3) is 0.643. The number of H-pyrrole nitrogens is 1. The van der Waals surface area contributed by atoms with Crippen molar-refractivity contribution >= 4 is 17.1 Å². The summed E-state index contributed by atoms with van der Waals surface area (Å²) in [5.74, 6) is 1.03. The Bertz CT molecular complexity index is 756. The van der Waals surface area contributed by atoms with E-state index in [0.717, 1.165) is 6.42 Å². The highest BCUT2D eigenvalue weighted by Gasteiger charge is 2.17. The van der Waals surface area contributed by atoms with E-state index in [2.05, 4.69) is 29.1 Å². The number of imidazole rings is 1. The predicted octanol–water partition coefficient (Wildman–Crippen LogP) is 0.264. The summed E-state index contributed by atoms with van der Waals surface area (Å²) in [6, 6.07) is 0. The zero-order valence-electron chi connectivity index (χ0n) is 13.2. The first-order valence-corrected chi connectivity index (χ1v) is 7.50. The maximum atomic E-state index is 12.2. The van der Waals surface area contributed by atoms with Crippen molar-refractivity contribution in [1.82, 2.24) is 19.1 Å². The van der Waals surface area contributed by atoms with Crippen molar-refractivity contribution in [3.8, 4) is 0 Å². The number of aromatic nitrogens is 4. The molecule has 0 bridgehead atoms. The Kier molecular flexibility index (Phi) is 5.02. The maximum absolute atomic E-state index is 12.2. The zero-order valence-corrected chi connectivity index (χ0v) is 13.2. The second-order valence-corrected chi connectivity index (χ2v) is 5.76. The van der Waals surface area contributed by atoms with Gasteiger partial charge >= 0.3 is 5.69 Å². The van der Waals surface area contributed by atoms with Crippen LogP contribution < -0.4 is 16.6 Å². The quantitative estimate of drug-likeness (QED) is 0.637. The van der Waals surface area contributed by atoms with Crippen LogP contribution in [0.1, 0.15) is 26.7 Å². The van der Waals surface area contributed by atoms with Gasteiger partial charge < -0.3 is 15.0 Å². The van der Waals surface area contributed by atoms with Crippen molar-refractivity contribution in [2.75, 3.05) is 18.5 Å². The Morgan fingerprint density at radius 1 is 1.36 bits per heavy atom. The maximum Gasteiger partial charge on any atom is 0.329 e. The minimum Gasteiger partial charge on any atom is -0.396 e. The smallest absolute Gasteiger partial charge is 0.329 e. The lowest BCUT2D eigenvalue weighted by atomic mass is 10.1. The molecule has 8 nitrogen and oxygen atoms in total. The second kappa shape index (κ2) is 6.78. The molecule has 0 aliphatic rings. The third-order valence-electron chi connectivity index (χ3n) is 3.56. The van der Waals surface area contributed by atoms with Crippen molar-refractivity contribution < 1.29 is 5.11 Å². The number of aliphatic hydroxyl groups excluding tert-OH is 1. The van der Waals surface area contributed by atoms with Gasteiger partial charge in [-0.2, -0.15) is 4.98 Å². The number of anilines is 1. The van der Waals surface area contributed by atoms with Gasteiger partial charge in [0.25, 0.3) is 5.56 Å². The van der Waals surface area contributed by atoms with Gasteiger partial charge in [0.15, 0.2) is 11.2 Å². The van der Waals surface area contributed by atoms with Crippen LogP contribution in [0.5, 0.6) is 0 Å². The average Bonchev–Trinajstić information content (AvgIpc) is 2.82. The molecule has 0 atom stereocenters. The lowest BCUT2D eigenvalue weighted by Crippen LogP contribution is -2.29. The molecule has 0 amide bonds. The molecule has 3 N–H and O–H groups in total. The molecule has 0 spiro atoms. The van der Waals surface area contributed by atoms with Gasteiger partial charge in [0.1, 0.15) is 0 Å². The first-order valence-electron chi connectivity index (χ1n) is 7.50. The molecule has 0 unspecified atom stereocenters. The lowest BCUT2D eigenvalue weighted by Gasteiger charge is -2.11. The number of nitrogens with one attached hydrogen (secondary N) is 2. The van der Waals surface area contributed by atoms with Gasteiger partial charge in [-0.25, -0.2) is 4.79 Å². The van der Waals surface area contributed by atoms with Crippen LogP contribution in [0.25, 0.3) is 11.2 Å². The molecule has 2 aromatic rings. The Morgan fingerprint density at radius 2 is 2.09 bits per heavy atom. The predicted molar refractivity (Wildman–Crippen MR) is 85.2 cm³/mol. The van der Waals surface area contributed by atoms with E-state index in [9.17, 15) is 9.59 Å². The Labute approximate surface area is 127 Å².